The van der Waals surface area contributed by atoms with Crippen LogP contribution in [0.25, 0.3) is 22.6 Å². The number of nitrogens with one attached hydrogen (secondary N) is 1. The number of fused-ring (bicyclic) bond motifs is 4. The van der Waals surface area contributed by atoms with Crippen molar-refractivity contribution in [2.45, 2.75) is 91.3 Å². The quantitative estimate of drug-likeness (QED) is 0.0381. The molecule has 22 nitrogen and oxygen atoms in total. The first-order valence-electron chi connectivity index (χ1n) is 48.9. The van der Waals surface area contributed by atoms with Crippen molar-refractivity contribution in [3.8, 4) is 47.4 Å². The summed E-state index contributed by atoms with van der Waals surface area (Å²) in [6.45, 7) is 23.7. The molecule has 0 atom stereocenters. The number of imidazole rings is 4. The van der Waals surface area contributed by atoms with Gasteiger partial charge in [-0.1, -0.05) is 127 Å². The fourth-order valence-electron chi connectivity index (χ4n) is 17.9. The number of aryl methyl sites for hydroxylation is 3. The average Bonchev–Trinajstić information content (AvgIpc) is 1.42. The molecular formula is C117H112F6N18O4S. The van der Waals surface area contributed by atoms with Crippen LogP contribution in [0.1, 0.15) is 165 Å². The zero-order valence-electron chi connectivity index (χ0n) is 82.4. The minimum Gasteiger partial charge on any atom is -0.384 e. The minimum absolute atomic E-state index is 0.0979. The predicted molar refractivity (Wildman–Crippen MR) is 559 cm³/mol. The Morgan fingerprint density at radius 1 is 0.363 bits per heavy atom. The van der Waals surface area contributed by atoms with Gasteiger partial charge in [0.05, 0.1) is 53.2 Å². The van der Waals surface area contributed by atoms with Crippen LogP contribution in [0.5, 0.6) is 0 Å². The molecule has 13 heterocycles. The van der Waals surface area contributed by atoms with Crippen LogP contribution in [0, 0.1) is 68.1 Å². The Morgan fingerprint density at radius 2 is 0.836 bits per heavy atom. The third kappa shape index (κ3) is 27.3. The molecule has 0 radical (unpaired) electrons. The lowest BCUT2D eigenvalue weighted by atomic mass is 9.97. The van der Waals surface area contributed by atoms with Crippen molar-refractivity contribution in [3.05, 3.63) is 395 Å². The number of carbonyl (C=O) groups excluding carboxylic acids is 4. The Balaban J connectivity index is 0.000000133. The standard InChI is InChI=1S/C31H29F3N4O.C30H30N4O.C29H29N5O.C27H24F3N5OS/c1-22-7-8-24(18-23(22)9-11-27-21-36-30-6-2-3-16-38(27)30)29(39)20-25-19-26(31(32,33)34)10-12-28(25)35-13-17-37-14-4-5-15-37;1-23-6-11-27(20-26(23)12-13-28-21-31-30-5-3-4-14-34(28)30)29(35)19-24-7-9-25(10-8-24)22-33-17-15-32(2)16-18-33;1-22-16-24(6-8-26(22)21-33-14-12-32(2)13-15-33)18-28(35)25-5-3-4-23(17-25)7-9-27-19-31-29-20-30-10-11-34(27)29;1-33-10-12-34(13-11-33)18-20-6-5-19(14-22(20)27(28,29)30)15-23(36)24-17-32-26(37-24)8-7-21-16-31-25-4-2-3-9-35(21)25/h2-3,6-8,10,12,16,18-19,21,35H,4-5,13-15,17,20H2,1H3;3-11,14,20-21H,15-19,22H2,1-2H3;3-6,8,10-11,16-17,19-20H,12-15,18,21H2,1-2H3;2-6,9,14,16-17H,10-13,15,18H2,1H3. The van der Waals surface area contributed by atoms with Gasteiger partial charge in [-0.25, -0.2) is 24.9 Å². The van der Waals surface area contributed by atoms with Crippen LogP contribution in [-0.2, 0) is 57.7 Å². The van der Waals surface area contributed by atoms with Crippen molar-refractivity contribution in [3.63, 3.8) is 0 Å². The predicted octanol–water partition coefficient (Wildman–Crippen LogP) is 18.2. The minimum atomic E-state index is -4.49. The van der Waals surface area contributed by atoms with Crippen molar-refractivity contribution < 1.29 is 45.5 Å². The average molecular weight is 1980 g/mol. The van der Waals surface area contributed by atoms with Crippen molar-refractivity contribution in [2.75, 3.05) is 131 Å². The van der Waals surface area contributed by atoms with Gasteiger partial charge in [0.25, 0.3) is 0 Å². The largest absolute Gasteiger partial charge is 0.416 e. The molecule has 0 bridgehead atoms. The summed E-state index contributed by atoms with van der Waals surface area (Å²) in [5, 5.41) is 3.71. The van der Waals surface area contributed by atoms with Gasteiger partial charge in [-0.05, 0) is 238 Å². The van der Waals surface area contributed by atoms with Crippen LogP contribution in [0.15, 0.2) is 262 Å². The van der Waals surface area contributed by atoms with Crippen LogP contribution in [0.3, 0.4) is 0 Å². The van der Waals surface area contributed by atoms with Crippen molar-refractivity contribution in [1.29, 1.82) is 0 Å². The molecule has 7 aromatic carbocycles. The van der Waals surface area contributed by atoms with Crippen LogP contribution in [0.2, 0.25) is 0 Å². The molecule has 0 saturated carbocycles. The number of aromatic nitrogens is 10. The third-order valence-electron chi connectivity index (χ3n) is 26.6. The molecule has 742 valence electrons. The summed E-state index contributed by atoms with van der Waals surface area (Å²) < 4.78 is 89.6. The van der Waals surface area contributed by atoms with Gasteiger partial charge < -0.3 is 24.9 Å². The summed E-state index contributed by atoms with van der Waals surface area (Å²) in [5.41, 5.74) is 18.2. The molecule has 0 aliphatic carbocycles. The molecule has 4 saturated heterocycles. The van der Waals surface area contributed by atoms with E-state index in [1.54, 1.807) is 55.4 Å². The highest BCUT2D eigenvalue weighted by atomic mass is 32.1. The number of rotatable bonds is 22. The first-order valence-corrected chi connectivity index (χ1v) is 49.7. The van der Waals surface area contributed by atoms with E-state index in [9.17, 15) is 45.5 Å². The van der Waals surface area contributed by atoms with Gasteiger partial charge in [-0.3, -0.25) is 56.5 Å². The highest BCUT2D eigenvalue weighted by Gasteiger charge is 2.36. The maximum Gasteiger partial charge on any atom is 0.416 e. The number of Topliss-reactive ketones (excluding diaryl/α,β-unsaturated/α-hetero) is 4. The van der Waals surface area contributed by atoms with Gasteiger partial charge in [0.15, 0.2) is 33.8 Å². The van der Waals surface area contributed by atoms with Crippen molar-refractivity contribution in [2.24, 2.45) is 0 Å². The SMILES string of the molecule is CN1CCN(Cc2ccc(CC(=O)c3cnc(C#Cc4cnc5ccccn45)s3)cc2C(F)(F)F)CC1.Cc1cc(CC(=O)c2cccc(C#Cc3cnc4cnccn34)c2)ccc1CN1CCN(C)CC1.Cc1ccc(C(=O)Cc2cc(C(F)(F)F)ccc2NCCN2CCCC2)cc1C#Cc1cnc2ccccn12.Cc1ccc(C(=O)Cc2ccc(CN3CCN(C)CC3)cc2)cc1C#Cc1cnc2ccccn12. The van der Waals surface area contributed by atoms with E-state index in [-0.39, 0.29) is 48.1 Å². The monoisotopic (exact) mass is 1980 g/mol. The molecule has 4 fully saturated rings. The summed E-state index contributed by atoms with van der Waals surface area (Å²) in [4.78, 5) is 94.4. The van der Waals surface area contributed by atoms with Gasteiger partial charge in [-0.2, -0.15) is 26.3 Å². The van der Waals surface area contributed by atoms with Gasteiger partial charge in [0.2, 0.25) is 0 Å². The van der Waals surface area contributed by atoms with Crippen molar-refractivity contribution in [1.82, 2.24) is 81.8 Å². The molecule has 9 aromatic heterocycles. The second-order valence-corrected chi connectivity index (χ2v) is 38.4. The van der Waals surface area contributed by atoms with Crippen LogP contribution < -0.4 is 5.32 Å². The molecule has 0 spiro atoms. The van der Waals surface area contributed by atoms with E-state index in [2.05, 4.69) is 175 Å². The zero-order valence-corrected chi connectivity index (χ0v) is 83.2. The number of ketones is 4. The molecule has 1 N–H and O–H groups in total. The first kappa shape index (κ1) is 102. The molecule has 16 aromatic rings. The van der Waals surface area contributed by atoms with E-state index in [1.807, 2.05) is 171 Å². The van der Waals surface area contributed by atoms with Gasteiger partial charge in [-0.15, -0.1) is 11.3 Å². The summed E-state index contributed by atoms with van der Waals surface area (Å²) in [5.74, 6) is 24.6. The number of likely N-dealkylation sites (tertiary alicyclic amines) is 1. The number of likely N-dealkylation sites (N-methyl/N-ethyl adjacent to an activating group) is 3. The molecule has 0 unspecified atom stereocenters. The Morgan fingerprint density at radius 3 is 1.38 bits per heavy atom. The van der Waals surface area contributed by atoms with Crippen LogP contribution >= 0.6 is 11.3 Å². The maximum absolute atomic E-state index is 13.9. The normalized spacial score (nSPS) is 14.5. The van der Waals surface area contributed by atoms with E-state index in [4.69, 9.17) is 0 Å². The highest BCUT2D eigenvalue weighted by Crippen LogP contribution is 2.36. The summed E-state index contributed by atoms with van der Waals surface area (Å²) >= 11 is 1.13. The molecule has 0 amide bonds. The lowest BCUT2D eigenvalue weighted by molar-refractivity contribution is -0.139. The van der Waals surface area contributed by atoms with Gasteiger partial charge in [0.1, 0.15) is 39.7 Å². The first-order chi connectivity index (χ1) is 70.6. The number of halogens is 6. The van der Waals surface area contributed by atoms with E-state index in [0.717, 1.165) is 214 Å². The Hall–Kier alpha value is -15.1. The number of piperazine rings is 3. The fraction of sp³-hybridized carbons (Fsp3) is 0.282. The van der Waals surface area contributed by atoms with Crippen LogP contribution in [-0.4, -0.2) is 231 Å². The number of alkyl halides is 6. The van der Waals surface area contributed by atoms with Gasteiger partial charge >= 0.3 is 12.4 Å². The van der Waals surface area contributed by atoms with E-state index in [1.165, 1.54) is 47.9 Å². The second kappa shape index (κ2) is 47.6. The lowest BCUT2D eigenvalue weighted by Crippen LogP contribution is -2.44. The number of nitrogens with zero attached hydrogens (tertiary/aromatic N) is 17. The third-order valence-corrected chi connectivity index (χ3v) is 27.6. The Labute approximate surface area is 849 Å². The number of thiazole rings is 1. The number of hydrogen-bond donors (Lipinski definition) is 1. The molecule has 4 aliphatic heterocycles. The van der Waals surface area contributed by atoms with Gasteiger partial charge in [0, 0.05) is 207 Å². The fourth-order valence-corrected chi connectivity index (χ4v) is 18.6. The Kier molecular flexibility index (Phi) is 33.4. The lowest BCUT2D eigenvalue weighted by Gasteiger charge is -2.33. The summed E-state index contributed by atoms with van der Waals surface area (Å²) in [6, 6.07) is 58.5. The molecule has 20 rings (SSSR count). The molecule has 29 heteroatoms. The van der Waals surface area contributed by atoms with E-state index >= 15 is 0 Å². The summed E-state index contributed by atoms with van der Waals surface area (Å²) in [7, 11) is 6.36. The Bertz CT molecular complexity index is 7670. The van der Waals surface area contributed by atoms with Crippen LogP contribution in [0.4, 0.5) is 32.0 Å². The number of benzene rings is 7. The summed E-state index contributed by atoms with van der Waals surface area (Å²) in [6.07, 6.45) is 13.1. The molecule has 4 aliphatic rings. The van der Waals surface area contributed by atoms with E-state index < -0.39 is 23.5 Å². The molecular weight excluding hydrogens is 1870 g/mol. The van der Waals surface area contributed by atoms with Crippen molar-refractivity contribution >= 4 is 62.7 Å². The van der Waals surface area contributed by atoms with E-state index in [0.29, 0.717) is 74.0 Å². The highest BCUT2D eigenvalue weighted by molar-refractivity contribution is 7.14. The smallest absolute Gasteiger partial charge is 0.384 e. The second-order valence-electron chi connectivity index (χ2n) is 37.4. The molecule has 146 heavy (non-hydrogen) atoms. The zero-order chi connectivity index (χ0) is 102. The topological polar surface area (TPSA) is 198 Å². The maximum atomic E-state index is 13.9. The number of anilines is 1. The number of carbonyl (C=O) groups is 4. The number of pyridine rings is 3. The number of hydrogen-bond acceptors (Lipinski definition) is 19.